The fourth-order valence-corrected chi connectivity index (χ4v) is 3.32. The highest BCUT2D eigenvalue weighted by Gasteiger charge is 2.20. The van der Waals surface area contributed by atoms with Gasteiger partial charge in [-0.3, -0.25) is 4.79 Å². The lowest BCUT2D eigenvalue weighted by atomic mass is 10.2. The summed E-state index contributed by atoms with van der Waals surface area (Å²) < 4.78 is 32.6. The second-order valence-corrected chi connectivity index (χ2v) is 6.21. The molecule has 0 saturated heterocycles. The molecule has 0 fully saturated rings. The van der Waals surface area contributed by atoms with Crippen molar-refractivity contribution in [1.82, 2.24) is 0 Å². The molecule has 0 radical (unpaired) electrons. The molecule has 3 nitrogen and oxygen atoms in total. The minimum absolute atomic E-state index is 0.206. The van der Waals surface area contributed by atoms with Crippen molar-refractivity contribution in [2.75, 3.05) is 11.9 Å². The number of hydrogen-bond donors (Lipinski definition) is 1. The first-order valence-electron chi connectivity index (χ1n) is 7.67. The number of halogens is 2. The van der Waals surface area contributed by atoms with E-state index in [1.165, 1.54) is 23.5 Å². The molecule has 25 heavy (non-hydrogen) atoms. The zero-order valence-corrected chi connectivity index (χ0v) is 14.2. The van der Waals surface area contributed by atoms with Gasteiger partial charge in [0.05, 0.1) is 12.3 Å². The molecule has 3 rings (SSSR count). The van der Waals surface area contributed by atoms with Gasteiger partial charge in [0, 0.05) is 4.88 Å². The fourth-order valence-electron chi connectivity index (χ4n) is 2.32. The molecule has 0 bridgehead atoms. The van der Waals surface area contributed by atoms with Crippen molar-refractivity contribution in [3.8, 4) is 16.2 Å². The normalized spacial score (nSPS) is 10.5. The summed E-state index contributed by atoms with van der Waals surface area (Å²) in [6.07, 6.45) is 0. The molecular formula is C19H15F2NO2S. The van der Waals surface area contributed by atoms with Gasteiger partial charge in [0.1, 0.15) is 10.6 Å². The van der Waals surface area contributed by atoms with Gasteiger partial charge in [0.2, 0.25) is 0 Å². The Labute approximate surface area is 147 Å². The number of thiophene rings is 1. The lowest BCUT2D eigenvalue weighted by Crippen LogP contribution is -2.13. The maximum Gasteiger partial charge on any atom is 0.269 e. The zero-order chi connectivity index (χ0) is 17.8. The van der Waals surface area contributed by atoms with E-state index in [4.69, 9.17) is 4.74 Å². The molecule has 1 aromatic heterocycles. The van der Waals surface area contributed by atoms with Gasteiger partial charge >= 0.3 is 0 Å². The molecular weight excluding hydrogens is 344 g/mol. The largest absolute Gasteiger partial charge is 0.492 e. The van der Waals surface area contributed by atoms with Crippen LogP contribution in [0, 0.1) is 11.6 Å². The second kappa shape index (κ2) is 7.44. The monoisotopic (exact) mass is 359 g/mol. The molecule has 1 heterocycles. The van der Waals surface area contributed by atoms with Crippen molar-refractivity contribution in [3.63, 3.8) is 0 Å². The number of amides is 1. The van der Waals surface area contributed by atoms with Crippen LogP contribution in [0.2, 0.25) is 0 Å². The summed E-state index contributed by atoms with van der Waals surface area (Å²) in [4.78, 5) is 13.7. The Morgan fingerprint density at radius 2 is 1.88 bits per heavy atom. The van der Waals surface area contributed by atoms with Gasteiger partial charge in [-0.2, -0.15) is 0 Å². The quantitative estimate of drug-likeness (QED) is 0.667. The van der Waals surface area contributed by atoms with Crippen LogP contribution in [0.4, 0.5) is 14.5 Å². The van der Waals surface area contributed by atoms with Crippen LogP contribution in [0.5, 0.6) is 5.75 Å². The predicted molar refractivity (Wildman–Crippen MR) is 95.2 cm³/mol. The third-order valence-electron chi connectivity index (χ3n) is 3.46. The number of hydrogen-bond acceptors (Lipinski definition) is 3. The summed E-state index contributed by atoms with van der Waals surface area (Å²) in [5, 5.41) is 2.41. The molecule has 2 aromatic carbocycles. The predicted octanol–water partition coefficient (Wildman–Crippen LogP) is 5.34. The summed E-state index contributed by atoms with van der Waals surface area (Å²) in [5.41, 5.74) is 0.742. The van der Waals surface area contributed by atoms with Crippen molar-refractivity contribution in [2.24, 2.45) is 0 Å². The Morgan fingerprint density at radius 1 is 1.12 bits per heavy atom. The first kappa shape index (κ1) is 17.1. The molecule has 0 atom stereocenters. The van der Waals surface area contributed by atoms with Crippen molar-refractivity contribution in [2.45, 2.75) is 6.92 Å². The third kappa shape index (κ3) is 3.69. The van der Waals surface area contributed by atoms with Gasteiger partial charge in [0.25, 0.3) is 5.91 Å². The summed E-state index contributed by atoms with van der Waals surface area (Å²) in [7, 11) is 0. The smallest absolute Gasteiger partial charge is 0.269 e. The highest BCUT2D eigenvalue weighted by atomic mass is 32.1. The first-order chi connectivity index (χ1) is 12.1. The standard InChI is InChI=1S/C19H15F2NO2S/c1-2-24-15-11-16(12-7-4-3-5-8-12)25-18(15)19(23)22-14-10-6-9-13(20)17(14)21/h3-11H,2H2,1H3,(H,22,23). The maximum atomic E-state index is 13.8. The van der Waals surface area contributed by atoms with Gasteiger partial charge in [-0.25, -0.2) is 8.78 Å². The van der Waals surface area contributed by atoms with Crippen LogP contribution in [0.15, 0.2) is 54.6 Å². The third-order valence-corrected chi connectivity index (χ3v) is 4.63. The molecule has 0 aliphatic carbocycles. The van der Waals surface area contributed by atoms with E-state index >= 15 is 0 Å². The topological polar surface area (TPSA) is 38.3 Å². The average molecular weight is 359 g/mol. The molecule has 3 aromatic rings. The molecule has 6 heteroatoms. The van der Waals surface area contributed by atoms with Crippen molar-refractivity contribution in [1.29, 1.82) is 0 Å². The number of carbonyl (C=O) groups is 1. The summed E-state index contributed by atoms with van der Waals surface area (Å²) in [6, 6.07) is 15.0. The van der Waals surface area contributed by atoms with E-state index in [1.807, 2.05) is 37.3 Å². The highest BCUT2D eigenvalue weighted by Crippen LogP contribution is 2.37. The maximum absolute atomic E-state index is 13.8. The van der Waals surface area contributed by atoms with E-state index in [9.17, 15) is 13.6 Å². The molecule has 1 amide bonds. The van der Waals surface area contributed by atoms with Crippen molar-refractivity contribution >= 4 is 22.9 Å². The molecule has 0 aliphatic rings. The lowest BCUT2D eigenvalue weighted by molar-refractivity contribution is 0.102. The van der Waals surface area contributed by atoms with Crippen LogP contribution in [0.3, 0.4) is 0 Å². The number of rotatable bonds is 5. The summed E-state index contributed by atoms with van der Waals surface area (Å²) in [5.74, 6) is -2.23. The Hall–Kier alpha value is -2.73. The first-order valence-corrected chi connectivity index (χ1v) is 8.49. The molecule has 1 N–H and O–H groups in total. The molecule has 0 saturated carbocycles. The van der Waals surface area contributed by atoms with E-state index in [0.717, 1.165) is 16.5 Å². The Bertz CT molecular complexity index is 894. The van der Waals surface area contributed by atoms with Gasteiger partial charge in [0.15, 0.2) is 11.6 Å². The molecule has 0 aliphatic heterocycles. The van der Waals surface area contributed by atoms with Crippen LogP contribution >= 0.6 is 11.3 Å². The van der Waals surface area contributed by atoms with E-state index in [0.29, 0.717) is 17.2 Å². The number of ether oxygens (including phenoxy) is 1. The summed E-state index contributed by atoms with van der Waals surface area (Å²) in [6.45, 7) is 2.20. The van der Waals surface area contributed by atoms with Gasteiger partial charge in [-0.1, -0.05) is 36.4 Å². The van der Waals surface area contributed by atoms with E-state index < -0.39 is 17.5 Å². The highest BCUT2D eigenvalue weighted by molar-refractivity contribution is 7.17. The minimum atomic E-state index is -1.09. The number of anilines is 1. The fraction of sp³-hybridized carbons (Fsp3) is 0.105. The Kier molecular flexibility index (Phi) is 5.09. The van der Waals surface area contributed by atoms with Crippen LogP contribution in [0.25, 0.3) is 10.4 Å². The average Bonchev–Trinajstić information content (AvgIpc) is 3.04. The van der Waals surface area contributed by atoms with Crippen molar-refractivity contribution in [3.05, 3.63) is 71.1 Å². The van der Waals surface area contributed by atoms with Crippen LogP contribution in [-0.4, -0.2) is 12.5 Å². The Morgan fingerprint density at radius 3 is 2.60 bits per heavy atom. The van der Waals surface area contributed by atoms with Gasteiger partial charge < -0.3 is 10.1 Å². The summed E-state index contributed by atoms with van der Waals surface area (Å²) >= 11 is 1.24. The molecule has 0 unspecified atom stereocenters. The van der Waals surface area contributed by atoms with E-state index in [1.54, 1.807) is 6.07 Å². The number of carbonyl (C=O) groups excluding carboxylic acids is 1. The lowest BCUT2D eigenvalue weighted by Gasteiger charge is -2.07. The van der Waals surface area contributed by atoms with Crippen LogP contribution in [-0.2, 0) is 0 Å². The molecule has 128 valence electrons. The SMILES string of the molecule is CCOc1cc(-c2ccccc2)sc1C(=O)Nc1cccc(F)c1F. The van der Waals surface area contributed by atoms with Crippen LogP contribution in [0.1, 0.15) is 16.6 Å². The van der Waals surface area contributed by atoms with Gasteiger partial charge in [-0.05, 0) is 30.7 Å². The molecule has 0 spiro atoms. The zero-order valence-electron chi connectivity index (χ0n) is 13.4. The minimum Gasteiger partial charge on any atom is -0.492 e. The van der Waals surface area contributed by atoms with E-state index in [-0.39, 0.29) is 5.69 Å². The van der Waals surface area contributed by atoms with E-state index in [2.05, 4.69) is 5.32 Å². The number of benzene rings is 2. The van der Waals surface area contributed by atoms with Gasteiger partial charge in [-0.15, -0.1) is 11.3 Å². The van der Waals surface area contributed by atoms with Crippen LogP contribution < -0.4 is 10.1 Å². The second-order valence-electron chi connectivity index (χ2n) is 5.16. The number of nitrogens with one attached hydrogen (secondary N) is 1. The Balaban J connectivity index is 1.93. The van der Waals surface area contributed by atoms with Crippen molar-refractivity contribution < 1.29 is 18.3 Å².